The van der Waals surface area contributed by atoms with Crippen LogP contribution in [0.2, 0.25) is 0 Å². The lowest BCUT2D eigenvalue weighted by atomic mass is 9.96. The van der Waals surface area contributed by atoms with E-state index < -0.39 is 0 Å². The average molecular weight is 437 g/mol. The highest BCUT2D eigenvalue weighted by Crippen LogP contribution is 2.34. The van der Waals surface area contributed by atoms with Crippen molar-refractivity contribution in [2.24, 2.45) is 0 Å². The van der Waals surface area contributed by atoms with Gasteiger partial charge in [0.2, 0.25) is 5.89 Å². The first-order valence-electron chi connectivity index (χ1n) is 8.41. The van der Waals surface area contributed by atoms with Crippen LogP contribution in [0.1, 0.15) is 51.6 Å². The van der Waals surface area contributed by atoms with Gasteiger partial charge in [-0.3, -0.25) is 9.36 Å². The number of thioether (sulfide) groups is 1. The molecule has 1 aromatic carbocycles. The summed E-state index contributed by atoms with van der Waals surface area (Å²) in [5.74, 6) is 1.21. The topological polar surface area (TPSA) is 73.8 Å². The summed E-state index contributed by atoms with van der Waals surface area (Å²) in [6.45, 7) is 10.6. The third-order valence-corrected chi connectivity index (χ3v) is 5.51. The fraction of sp³-hybridized carbons (Fsp3) is 0.444. The van der Waals surface area contributed by atoms with Crippen LogP contribution in [0.15, 0.2) is 37.1 Å². The summed E-state index contributed by atoms with van der Waals surface area (Å²) in [4.78, 5) is 22.0. The monoisotopic (exact) mass is 436 g/mol. The molecule has 0 amide bonds. The highest BCUT2D eigenvalue weighted by atomic mass is 79.9. The summed E-state index contributed by atoms with van der Waals surface area (Å²) in [5.41, 5.74) is 0.458. The summed E-state index contributed by atoms with van der Waals surface area (Å²) in [6.07, 6.45) is 0. The SMILES string of the molecule is CCn1c(S[C@H](C)c2nc(C(C)(C)C)no2)nc2ccc(Br)cc2c1=O. The van der Waals surface area contributed by atoms with Gasteiger partial charge in [-0.25, -0.2) is 4.98 Å². The van der Waals surface area contributed by atoms with E-state index in [2.05, 4.69) is 31.1 Å². The lowest BCUT2D eigenvalue weighted by Crippen LogP contribution is -2.22. The maximum absolute atomic E-state index is 12.8. The van der Waals surface area contributed by atoms with Gasteiger partial charge in [-0.2, -0.15) is 4.98 Å². The van der Waals surface area contributed by atoms with E-state index in [1.54, 1.807) is 4.57 Å². The molecule has 0 saturated heterocycles. The Morgan fingerprint density at radius 1 is 1.31 bits per heavy atom. The van der Waals surface area contributed by atoms with Gasteiger partial charge in [0.05, 0.1) is 16.2 Å². The highest BCUT2D eigenvalue weighted by molar-refractivity contribution is 9.10. The fourth-order valence-electron chi connectivity index (χ4n) is 2.46. The van der Waals surface area contributed by atoms with Crippen LogP contribution in [-0.4, -0.2) is 19.7 Å². The second-order valence-electron chi connectivity index (χ2n) is 7.07. The Bertz CT molecular complexity index is 1010. The number of aromatic nitrogens is 4. The van der Waals surface area contributed by atoms with Crippen LogP contribution in [-0.2, 0) is 12.0 Å². The summed E-state index contributed by atoms with van der Waals surface area (Å²) in [7, 11) is 0. The van der Waals surface area contributed by atoms with Crippen molar-refractivity contribution in [3.8, 4) is 0 Å². The van der Waals surface area contributed by atoms with Crippen molar-refractivity contribution >= 4 is 38.6 Å². The van der Waals surface area contributed by atoms with Gasteiger partial charge in [-0.15, -0.1) is 0 Å². The van der Waals surface area contributed by atoms with Gasteiger partial charge in [0.1, 0.15) is 0 Å². The van der Waals surface area contributed by atoms with Gasteiger partial charge in [0.25, 0.3) is 5.56 Å². The molecule has 1 atom stereocenters. The average Bonchev–Trinajstić information content (AvgIpc) is 3.06. The van der Waals surface area contributed by atoms with Crippen molar-refractivity contribution in [1.29, 1.82) is 0 Å². The van der Waals surface area contributed by atoms with Crippen molar-refractivity contribution in [3.63, 3.8) is 0 Å². The summed E-state index contributed by atoms with van der Waals surface area (Å²) in [6, 6.07) is 5.54. The van der Waals surface area contributed by atoms with E-state index in [0.717, 1.165) is 4.47 Å². The largest absolute Gasteiger partial charge is 0.338 e. The molecule has 0 aliphatic heterocycles. The molecule has 0 spiro atoms. The molecule has 26 heavy (non-hydrogen) atoms. The Kier molecular flexibility index (Phi) is 5.25. The van der Waals surface area contributed by atoms with Crippen LogP contribution >= 0.6 is 27.7 Å². The minimum atomic E-state index is -0.174. The summed E-state index contributed by atoms with van der Waals surface area (Å²) < 4.78 is 7.97. The predicted molar refractivity (Wildman–Crippen MR) is 107 cm³/mol. The first-order valence-corrected chi connectivity index (χ1v) is 10.1. The van der Waals surface area contributed by atoms with E-state index in [0.29, 0.717) is 34.3 Å². The number of nitrogens with zero attached hydrogens (tertiary/aromatic N) is 4. The van der Waals surface area contributed by atoms with Gasteiger partial charge in [0.15, 0.2) is 11.0 Å². The van der Waals surface area contributed by atoms with Crippen LogP contribution in [0.25, 0.3) is 10.9 Å². The van der Waals surface area contributed by atoms with Crippen LogP contribution in [0.3, 0.4) is 0 Å². The predicted octanol–water partition coefficient (Wildman–Crippen LogP) is 4.71. The van der Waals surface area contributed by atoms with E-state index in [-0.39, 0.29) is 16.2 Å². The Morgan fingerprint density at radius 2 is 2.04 bits per heavy atom. The second-order valence-corrected chi connectivity index (χ2v) is 9.30. The Hall–Kier alpha value is -1.67. The molecule has 3 aromatic rings. The number of hydrogen-bond donors (Lipinski definition) is 0. The minimum Gasteiger partial charge on any atom is -0.338 e. The van der Waals surface area contributed by atoms with Gasteiger partial charge in [-0.1, -0.05) is 53.6 Å². The van der Waals surface area contributed by atoms with E-state index in [1.165, 1.54) is 11.8 Å². The van der Waals surface area contributed by atoms with E-state index >= 15 is 0 Å². The quantitative estimate of drug-likeness (QED) is 0.435. The lowest BCUT2D eigenvalue weighted by molar-refractivity contribution is 0.364. The summed E-state index contributed by atoms with van der Waals surface area (Å²) in [5, 5.41) is 5.21. The van der Waals surface area contributed by atoms with Crippen molar-refractivity contribution in [3.05, 3.63) is 44.7 Å². The standard InChI is InChI=1S/C18H21BrN4O2S/c1-6-23-15(24)12-9-11(19)7-8-13(12)20-17(23)26-10(2)14-21-16(22-25-14)18(3,4)5/h7-10H,6H2,1-5H3/t10-/m1/s1. The van der Waals surface area contributed by atoms with Crippen molar-refractivity contribution in [1.82, 2.24) is 19.7 Å². The lowest BCUT2D eigenvalue weighted by Gasteiger charge is -2.13. The Balaban J connectivity index is 1.99. The first kappa shape index (κ1) is 19.1. The maximum atomic E-state index is 12.8. The zero-order chi connectivity index (χ0) is 19.1. The molecule has 6 nitrogen and oxygen atoms in total. The smallest absolute Gasteiger partial charge is 0.262 e. The number of rotatable bonds is 4. The molecule has 0 N–H and O–H groups in total. The number of benzene rings is 1. The van der Waals surface area contributed by atoms with E-state index in [9.17, 15) is 4.79 Å². The molecule has 0 aliphatic rings. The molecule has 3 rings (SSSR count). The molecule has 2 aromatic heterocycles. The molecular weight excluding hydrogens is 416 g/mol. The number of hydrogen-bond acceptors (Lipinski definition) is 6. The third-order valence-electron chi connectivity index (χ3n) is 3.94. The molecule has 0 bridgehead atoms. The van der Waals surface area contributed by atoms with Gasteiger partial charge < -0.3 is 4.52 Å². The second kappa shape index (κ2) is 7.15. The van der Waals surface area contributed by atoms with Crippen molar-refractivity contribution in [2.45, 2.75) is 57.0 Å². The number of halogens is 1. The van der Waals surface area contributed by atoms with Gasteiger partial charge >= 0.3 is 0 Å². The number of fused-ring (bicyclic) bond motifs is 1. The fourth-order valence-corrected chi connectivity index (χ4v) is 3.82. The maximum Gasteiger partial charge on any atom is 0.262 e. The van der Waals surface area contributed by atoms with Crippen LogP contribution in [0, 0.1) is 0 Å². The van der Waals surface area contributed by atoms with Crippen LogP contribution in [0.5, 0.6) is 0 Å². The molecule has 0 fully saturated rings. The van der Waals surface area contributed by atoms with Crippen molar-refractivity contribution in [2.75, 3.05) is 0 Å². The first-order chi connectivity index (χ1) is 12.2. The molecule has 0 saturated carbocycles. The molecular formula is C18H21BrN4O2S. The van der Waals surface area contributed by atoms with E-state index in [4.69, 9.17) is 4.52 Å². The zero-order valence-electron chi connectivity index (χ0n) is 15.4. The highest BCUT2D eigenvalue weighted by Gasteiger charge is 2.24. The zero-order valence-corrected chi connectivity index (χ0v) is 17.8. The van der Waals surface area contributed by atoms with Crippen LogP contribution in [0.4, 0.5) is 0 Å². The molecule has 8 heteroatoms. The molecule has 2 heterocycles. The Morgan fingerprint density at radius 3 is 2.65 bits per heavy atom. The minimum absolute atomic E-state index is 0.0468. The molecule has 0 aliphatic carbocycles. The molecule has 0 radical (unpaired) electrons. The normalized spacial score (nSPS) is 13.3. The third kappa shape index (κ3) is 3.71. The molecule has 0 unspecified atom stereocenters. The van der Waals surface area contributed by atoms with Gasteiger partial charge in [0, 0.05) is 16.4 Å². The summed E-state index contributed by atoms with van der Waals surface area (Å²) >= 11 is 4.86. The van der Waals surface area contributed by atoms with Crippen molar-refractivity contribution < 1.29 is 4.52 Å². The Labute approximate surface area is 164 Å². The van der Waals surface area contributed by atoms with Gasteiger partial charge in [-0.05, 0) is 32.0 Å². The molecule has 138 valence electrons. The van der Waals surface area contributed by atoms with Crippen LogP contribution < -0.4 is 5.56 Å². The van der Waals surface area contributed by atoms with E-state index in [1.807, 2.05) is 52.8 Å².